The van der Waals surface area contributed by atoms with Crippen molar-refractivity contribution in [1.29, 1.82) is 0 Å². The fraction of sp³-hybridized carbons (Fsp3) is 0.286. The van der Waals surface area contributed by atoms with Gasteiger partial charge in [0, 0.05) is 23.3 Å². The van der Waals surface area contributed by atoms with E-state index >= 15 is 0 Å². The van der Waals surface area contributed by atoms with Crippen LogP contribution < -0.4 is 0 Å². The Hall–Kier alpha value is -0.770. The largest absolute Gasteiger partial charge is 0.481 e. The molecule has 0 saturated heterocycles. The van der Waals surface area contributed by atoms with Gasteiger partial charge in [-0.25, -0.2) is 0 Å². The SMILES string of the molecule is CC(=O)O.Cc1cc(Br)c[nH]1. The van der Waals surface area contributed by atoms with Crippen molar-refractivity contribution in [3.8, 4) is 0 Å². The summed E-state index contributed by atoms with van der Waals surface area (Å²) in [7, 11) is 0. The smallest absolute Gasteiger partial charge is 0.300 e. The van der Waals surface area contributed by atoms with Crippen molar-refractivity contribution >= 4 is 21.9 Å². The molecule has 1 aromatic heterocycles. The number of aromatic amines is 1. The summed E-state index contributed by atoms with van der Waals surface area (Å²) < 4.78 is 1.12. The number of H-pyrrole nitrogens is 1. The molecule has 0 bridgehead atoms. The molecule has 0 aliphatic carbocycles. The summed E-state index contributed by atoms with van der Waals surface area (Å²) in [6.45, 7) is 3.10. The van der Waals surface area contributed by atoms with E-state index in [1.165, 1.54) is 5.69 Å². The molecule has 3 nitrogen and oxygen atoms in total. The van der Waals surface area contributed by atoms with Gasteiger partial charge in [0.15, 0.2) is 0 Å². The Morgan fingerprint density at radius 2 is 2.18 bits per heavy atom. The average Bonchev–Trinajstić information content (AvgIpc) is 2.13. The summed E-state index contributed by atoms with van der Waals surface area (Å²) in [6, 6.07) is 2.03. The molecule has 0 radical (unpaired) electrons. The Kier molecular flexibility index (Phi) is 4.61. The van der Waals surface area contributed by atoms with Crippen LogP contribution in [-0.2, 0) is 4.79 Å². The Labute approximate surface area is 73.6 Å². The van der Waals surface area contributed by atoms with Gasteiger partial charge in [-0.05, 0) is 28.9 Å². The van der Waals surface area contributed by atoms with Gasteiger partial charge in [0.25, 0.3) is 5.97 Å². The number of hydrogen-bond donors (Lipinski definition) is 2. The number of rotatable bonds is 0. The fourth-order valence-corrected chi connectivity index (χ4v) is 0.931. The maximum atomic E-state index is 9.00. The van der Waals surface area contributed by atoms with Crippen LogP contribution in [0.1, 0.15) is 12.6 Å². The van der Waals surface area contributed by atoms with Gasteiger partial charge in [0.1, 0.15) is 0 Å². The predicted molar refractivity (Wildman–Crippen MR) is 46.5 cm³/mol. The van der Waals surface area contributed by atoms with E-state index in [2.05, 4.69) is 20.9 Å². The molecule has 62 valence electrons. The van der Waals surface area contributed by atoms with Gasteiger partial charge in [-0.1, -0.05) is 0 Å². The molecule has 0 aliphatic rings. The minimum Gasteiger partial charge on any atom is -0.481 e. The third-order valence-electron chi connectivity index (χ3n) is 0.792. The van der Waals surface area contributed by atoms with Crippen LogP contribution in [0.2, 0.25) is 0 Å². The summed E-state index contributed by atoms with van der Waals surface area (Å²) in [5, 5.41) is 7.42. The van der Waals surface area contributed by atoms with Crippen molar-refractivity contribution in [1.82, 2.24) is 4.98 Å². The lowest BCUT2D eigenvalue weighted by atomic mass is 10.5. The van der Waals surface area contributed by atoms with Crippen LogP contribution in [0.4, 0.5) is 0 Å². The summed E-state index contributed by atoms with van der Waals surface area (Å²) in [5.41, 5.74) is 1.19. The quantitative estimate of drug-likeness (QED) is 0.703. The van der Waals surface area contributed by atoms with E-state index in [4.69, 9.17) is 9.90 Å². The van der Waals surface area contributed by atoms with Gasteiger partial charge in [0.2, 0.25) is 0 Å². The monoisotopic (exact) mass is 219 g/mol. The number of carbonyl (C=O) groups is 1. The van der Waals surface area contributed by atoms with Crippen LogP contribution in [0.5, 0.6) is 0 Å². The molecule has 0 unspecified atom stereocenters. The highest BCUT2D eigenvalue weighted by Crippen LogP contribution is 2.08. The summed E-state index contributed by atoms with van der Waals surface area (Å²) in [6.07, 6.45) is 1.91. The zero-order chi connectivity index (χ0) is 8.85. The van der Waals surface area contributed by atoms with Crippen LogP contribution in [-0.4, -0.2) is 16.1 Å². The highest BCUT2D eigenvalue weighted by molar-refractivity contribution is 9.10. The molecule has 2 N–H and O–H groups in total. The molecule has 0 aromatic carbocycles. The zero-order valence-electron chi connectivity index (χ0n) is 6.39. The first-order valence-corrected chi connectivity index (χ1v) is 3.81. The minimum atomic E-state index is -0.833. The first-order valence-electron chi connectivity index (χ1n) is 3.02. The average molecular weight is 220 g/mol. The van der Waals surface area contributed by atoms with E-state index in [1.54, 1.807) is 0 Å². The van der Waals surface area contributed by atoms with Crippen molar-refractivity contribution < 1.29 is 9.90 Å². The van der Waals surface area contributed by atoms with Gasteiger partial charge in [-0.3, -0.25) is 4.79 Å². The Morgan fingerprint density at radius 1 is 1.73 bits per heavy atom. The molecule has 0 spiro atoms. The molecular weight excluding hydrogens is 210 g/mol. The molecule has 11 heavy (non-hydrogen) atoms. The third kappa shape index (κ3) is 7.12. The second-order valence-electron chi connectivity index (χ2n) is 2.02. The molecule has 1 aromatic rings. The van der Waals surface area contributed by atoms with Crippen LogP contribution in [0.15, 0.2) is 16.7 Å². The van der Waals surface area contributed by atoms with Gasteiger partial charge < -0.3 is 10.1 Å². The van der Waals surface area contributed by atoms with Crippen LogP contribution in [0.25, 0.3) is 0 Å². The van der Waals surface area contributed by atoms with E-state index < -0.39 is 5.97 Å². The predicted octanol–water partition coefficient (Wildman–Crippen LogP) is 2.18. The topological polar surface area (TPSA) is 53.1 Å². The Morgan fingerprint density at radius 3 is 2.27 bits per heavy atom. The Bertz CT molecular complexity index is 212. The first kappa shape index (κ1) is 10.2. The van der Waals surface area contributed by atoms with E-state index in [0.29, 0.717) is 0 Å². The number of hydrogen-bond acceptors (Lipinski definition) is 1. The van der Waals surface area contributed by atoms with Crippen LogP contribution in [0.3, 0.4) is 0 Å². The van der Waals surface area contributed by atoms with E-state index in [-0.39, 0.29) is 0 Å². The zero-order valence-corrected chi connectivity index (χ0v) is 7.97. The van der Waals surface area contributed by atoms with Gasteiger partial charge in [0.05, 0.1) is 0 Å². The molecule has 0 atom stereocenters. The summed E-state index contributed by atoms with van der Waals surface area (Å²) >= 11 is 3.30. The number of aliphatic carboxylic acids is 1. The normalized spacial score (nSPS) is 8.27. The maximum absolute atomic E-state index is 9.00. The van der Waals surface area contributed by atoms with Gasteiger partial charge in [-0.2, -0.15) is 0 Å². The molecule has 0 amide bonds. The summed E-state index contributed by atoms with van der Waals surface area (Å²) in [5.74, 6) is -0.833. The Balaban J connectivity index is 0.000000218. The lowest BCUT2D eigenvalue weighted by molar-refractivity contribution is -0.134. The molecule has 0 fully saturated rings. The second-order valence-corrected chi connectivity index (χ2v) is 2.94. The minimum absolute atomic E-state index is 0.833. The summed E-state index contributed by atoms with van der Waals surface area (Å²) in [4.78, 5) is 12.0. The van der Waals surface area contributed by atoms with Crippen LogP contribution >= 0.6 is 15.9 Å². The van der Waals surface area contributed by atoms with E-state index in [1.807, 2.05) is 19.2 Å². The number of carboxylic acids is 1. The van der Waals surface area contributed by atoms with Crippen molar-refractivity contribution in [2.24, 2.45) is 0 Å². The fourth-order valence-electron chi connectivity index (χ4n) is 0.473. The standard InChI is InChI=1S/C5H6BrN.C2H4O2/c1-4-2-5(6)3-7-4;1-2(3)4/h2-3,7H,1H3;1H3,(H,3,4). The highest BCUT2D eigenvalue weighted by atomic mass is 79.9. The maximum Gasteiger partial charge on any atom is 0.300 e. The molecule has 4 heteroatoms. The number of halogens is 1. The van der Waals surface area contributed by atoms with Crippen LogP contribution in [0, 0.1) is 6.92 Å². The molecule has 1 heterocycles. The van der Waals surface area contributed by atoms with Crippen molar-refractivity contribution in [3.63, 3.8) is 0 Å². The number of carboxylic acid groups (broad SMARTS) is 1. The van der Waals surface area contributed by atoms with E-state index in [0.717, 1.165) is 11.4 Å². The third-order valence-corrected chi connectivity index (χ3v) is 1.25. The highest BCUT2D eigenvalue weighted by Gasteiger charge is 1.84. The molecular formula is C7H10BrNO2. The number of aromatic nitrogens is 1. The first-order chi connectivity index (χ1) is 5.02. The van der Waals surface area contributed by atoms with Crippen molar-refractivity contribution in [2.75, 3.05) is 0 Å². The van der Waals surface area contributed by atoms with Gasteiger partial charge >= 0.3 is 0 Å². The van der Waals surface area contributed by atoms with Crippen molar-refractivity contribution in [3.05, 3.63) is 22.4 Å². The molecule has 0 saturated carbocycles. The van der Waals surface area contributed by atoms with Crippen molar-refractivity contribution in [2.45, 2.75) is 13.8 Å². The second kappa shape index (κ2) is 4.96. The lowest BCUT2D eigenvalue weighted by Gasteiger charge is -1.70. The van der Waals surface area contributed by atoms with E-state index in [9.17, 15) is 0 Å². The molecule has 0 aliphatic heterocycles. The number of nitrogens with one attached hydrogen (secondary N) is 1. The van der Waals surface area contributed by atoms with Gasteiger partial charge in [-0.15, -0.1) is 0 Å². The molecule has 1 rings (SSSR count). The lowest BCUT2D eigenvalue weighted by Crippen LogP contribution is -1.78. The number of aryl methyl sites for hydroxylation is 1.